The van der Waals surface area contributed by atoms with Crippen molar-refractivity contribution < 1.29 is 0 Å². The molecule has 0 aliphatic rings. The van der Waals surface area contributed by atoms with Gasteiger partial charge in [-0.05, 0) is 63.5 Å². The number of hydrogen-bond acceptors (Lipinski definition) is 4. The third kappa shape index (κ3) is 3.22. The Bertz CT molecular complexity index is 1790. The summed E-state index contributed by atoms with van der Waals surface area (Å²) in [5.41, 5.74) is 5.21. The van der Waals surface area contributed by atoms with Crippen LogP contribution < -0.4 is 0 Å². The van der Waals surface area contributed by atoms with Gasteiger partial charge in [0, 0.05) is 34.3 Å². The van der Waals surface area contributed by atoms with Crippen LogP contribution in [0.4, 0.5) is 0 Å². The van der Waals surface area contributed by atoms with E-state index in [-0.39, 0.29) is 5.28 Å². The lowest BCUT2D eigenvalue weighted by atomic mass is 9.94. The van der Waals surface area contributed by atoms with Crippen molar-refractivity contribution >= 4 is 55.0 Å². The molecule has 4 aromatic carbocycles. The first-order valence-electron chi connectivity index (χ1n) is 11.3. The second kappa shape index (κ2) is 7.83. The molecule has 35 heavy (non-hydrogen) atoms. The molecule has 0 bridgehead atoms. The summed E-state index contributed by atoms with van der Waals surface area (Å²) in [6, 6.07) is 31.1. The van der Waals surface area contributed by atoms with Crippen molar-refractivity contribution in [3.8, 4) is 22.5 Å². The minimum absolute atomic E-state index is 0.207. The Morgan fingerprint density at radius 2 is 1.06 bits per heavy atom. The number of benzene rings is 4. The van der Waals surface area contributed by atoms with Crippen molar-refractivity contribution in [2.24, 2.45) is 0 Å². The smallest absolute Gasteiger partial charge is 0.223 e. The quantitative estimate of drug-likeness (QED) is 0.191. The van der Waals surface area contributed by atoms with Gasteiger partial charge in [0.05, 0.1) is 22.4 Å². The molecule has 0 fully saturated rings. The molecule has 0 aliphatic heterocycles. The molecule has 0 N–H and O–H groups in total. The van der Waals surface area contributed by atoms with E-state index < -0.39 is 0 Å². The molecule has 7 rings (SSSR count). The average Bonchev–Trinajstić information content (AvgIpc) is 2.92. The maximum absolute atomic E-state index is 6.54. The monoisotopic (exact) mass is 468 g/mol. The summed E-state index contributed by atoms with van der Waals surface area (Å²) in [6.07, 6.45) is 3.58. The van der Waals surface area contributed by atoms with Crippen molar-refractivity contribution in [2.75, 3.05) is 0 Å². The van der Waals surface area contributed by atoms with Gasteiger partial charge in [-0.15, -0.1) is 0 Å². The number of aromatic nitrogens is 4. The van der Waals surface area contributed by atoms with Gasteiger partial charge in [-0.2, -0.15) is 0 Å². The van der Waals surface area contributed by atoms with Gasteiger partial charge in [0.15, 0.2) is 0 Å². The first-order valence-corrected chi connectivity index (χ1v) is 11.7. The highest BCUT2D eigenvalue weighted by molar-refractivity contribution is 6.28. The SMILES string of the molecule is Clc1nc(-c2cc3ccccc3c3ccccc23)cc(-c2cc3cccnc3c3ncccc23)n1. The predicted molar refractivity (Wildman–Crippen MR) is 144 cm³/mol. The molecule has 3 aromatic heterocycles. The van der Waals surface area contributed by atoms with Gasteiger partial charge < -0.3 is 0 Å². The summed E-state index contributed by atoms with van der Waals surface area (Å²) in [4.78, 5) is 18.5. The van der Waals surface area contributed by atoms with Crippen LogP contribution in [-0.4, -0.2) is 19.9 Å². The summed E-state index contributed by atoms with van der Waals surface area (Å²) >= 11 is 6.54. The van der Waals surface area contributed by atoms with E-state index in [4.69, 9.17) is 11.6 Å². The molecule has 3 heterocycles. The molecule has 4 nitrogen and oxygen atoms in total. The average molecular weight is 469 g/mol. The van der Waals surface area contributed by atoms with E-state index in [1.54, 1.807) is 12.4 Å². The fourth-order valence-corrected chi connectivity index (χ4v) is 5.13. The number of pyridine rings is 2. The molecule has 0 radical (unpaired) electrons. The Balaban J connectivity index is 1.54. The highest BCUT2D eigenvalue weighted by Gasteiger charge is 2.16. The number of rotatable bonds is 2. The van der Waals surface area contributed by atoms with E-state index in [0.29, 0.717) is 0 Å². The van der Waals surface area contributed by atoms with E-state index in [0.717, 1.165) is 55.1 Å². The number of fused-ring (bicyclic) bond motifs is 6. The topological polar surface area (TPSA) is 51.6 Å². The van der Waals surface area contributed by atoms with Crippen LogP contribution in [0.1, 0.15) is 0 Å². The summed E-state index contributed by atoms with van der Waals surface area (Å²) in [5.74, 6) is 0. The van der Waals surface area contributed by atoms with E-state index in [1.807, 2.05) is 30.3 Å². The molecule has 164 valence electrons. The molecule has 0 saturated heterocycles. The van der Waals surface area contributed by atoms with E-state index in [2.05, 4.69) is 80.6 Å². The minimum Gasteiger partial charge on any atom is -0.254 e. The van der Waals surface area contributed by atoms with E-state index >= 15 is 0 Å². The van der Waals surface area contributed by atoms with Gasteiger partial charge in [0.2, 0.25) is 5.28 Å². The van der Waals surface area contributed by atoms with Crippen LogP contribution in [0.2, 0.25) is 5.28 Å². The van der Waals surface area contributed by atoms with Gasteiger partial charge in [-0.3, -0.25) is 9.97 Å². The van der Waals surface area contributed by atoms with Crippen molar-refractivity contribution in [1.82, 2.24) is 19.9 Å². The predicted octanol–water partition coefficient (Wildman–Crippen LogP) is 7.87. The summed E-state index contributed by atoms with van der Waals surface area (Å²) in [7, 11) is 0. The molecule has 0 aliphatic carbocycles. The molecular weight excluding hydrogens is 452 g/mol. The molecule has 0 unspecified atom stereocenters. The summed E-state index contributed by atoms with van der Waals surface area (Å²) in [5, 5.41) is 6.86. The number of halogens is 1. The van der Waals surface area contributed by atoms with Gasteiger partial charge in [0.25, 0.3) is 0 Å². The van der Waals surface area contributed by atoms with Crippen molar-refractivity contribution in [3.63, 3.8) is 0 Å². The van der Waals surface area contributed by atoms with Crippen LogP contribution in [0.3, 0.4) is 0 Å². The van der Waals surface area contributed by atoms with Crippen molar-refractivity contribution in [3.05, 3.63) is 109 Å². The van der Waals surface area contributed by atoms with Crippen LogP contribution in [-0.2, 0) is 0 Å². The van der Waals surface area contributed by atoms with Crippen molar-refractivity contribution in [1.29, 1.82) is 0 Å². The van der Waals surface area contributed by atoms with Gasteiger partial charge in [0.1, 0.15) is 0 Å². The Morgan fingerprint density at radius 1 is 0.486 bits per heavy atom. The van der Waals surface area contributed by atoms with Gasteiger partial charge in [-0.1, -0.05) is 60.7 Å². The highest BCUT2D eigenvalue weighted by atomic mass is 35.5. The third-order valence-electron chi connectivity index (χ3n) is 6.48. The maximum Gasteiger partial charge on any atom is 0.223 e. The van der Waals surface area contributed by atoms with Crippen molar-refractivity contribution in [2.45, 2.75) is 0 Å². The van der Waals surface area contributed by atoms with Crippen LogP contribution >= 0.6 is 11.6 Å². The second-order valence-corrected chi connectivity index (χ2v) is 8.84. The highest BCUT2D eigenvalue weighted by Crippen LogP contribution is 2.37. The fourth-order valence-electron chi connectivity index (χ4n) is 4.95. The molecule has 0 spiro atoms. The lowest BCUT2D eigenvalue weighted by molar-refractivity contribution is 1.18. The molecule has 0 amide bonds. The Kier molecular flexibility index (Phi) is 4.47. The van der Waals surface area contributed by atoms with E-state index in [9.17, 15) is 0 Å². The zero-order chi connectivity index (χ0) is 23.4. The van der Waals surface area contributed by atoms with Crippen LogP contribution in [0.5, 0.6) is 0 Å². The number of nitrogens with zero attached hydrogens (tertiary/aromatic N) is 4. The minimum atomic E-state index is 0.207. The Hall–Kier alpha value is -4.41. The first-order chi connectivity index (χ1) is 17.3. The molecule has 0 saturated carbocycles. The Labute approximate surface area is 205 Å². The van der Waals surface area contributed by atoms with E-state index in [1.165, 1.54) is 10.8 Å². The maximum atomic E-state index is 6.54. The lowest BCUT2D eigenvalue weighted by Crippen LogP contribution is -1.95. The molecule has 7 aromatic rings. The standard InChI is InChI=1S/C30H17ClN4/c31-30-34-26(24-15-18-7-1-2-9-20(18)21-10-3-4-11-22(21)24)17-27(35-30)25-16-19-8-5-13-32-28(19)29-23(25)12-6-14-33-29/h1-17H. The third-order valence-corrected chi connectivity index (χ3v) is 6.65. The zero-order valence-corrected chi connectivity index (χ0v) is 19.2. The van der Waals surface area contributed by atoms with Gasteiger partial charge in [-0.25, -0.2) is 9.97 Å². The van der Waals surface area contributed by atoms with Crippen LogP contribution in [0.25, 0.3) is 65.9 Å². The number of hydrogen-bond donors (Lipinski definition) is 0. The van der Waals surface area contributed by atoms with Crippen LogP contribution in [0, 0.1) is 0 Å². The normalized spacial score (nSPS) is 11.6. The lowest BCUT2D eigenvalue weighted by Gasteiger charge is -2.13. The second-order valence-electron chi connectivity index (χ2n) is 8.50. The summed E-state index contributed by atoms with van der Waals surface area (Å²) in [6.45, 7) is 0. The first kappa shape index (κ1) is 20.0. The molecular formula is C30H17ClN4. The Morgan fingerprint density at radius 3 is 1.89 bits per heavy atom. The fraction of sp³-hybridized carbons (Fsp3) is 0. The van der Waals surface area contributed by atoms with Gasteiger partial charge >= 0.3 is 0 Å². The summed E-state index contributed by atoms with van der Waals surface area (Å²) < 4.78 is 0. The molecule has 5 heteroatoms. The zero-order valence-electron chi connectivity index (χ0n) is 18.5. The van der Waals surface area contributed by atoms with Crippen LogP contribution in [0.15, 0.2) is 103 Å². The molecule has 0 atom stereocenters. The largest absolute Gasteiger partial charge is 0.254 e.